The summed E-state index contributed by atoms with van der Waals surface area (Å²) in [5.74, 6) is 0. The van der Waals surface area contributed by atoms with Crippen LogP contribution in [0.1, 0.15) is 267 Å². The number of hydrogen-bond donors (Lipinski definition) is 0. The molecule has 0 spiro atoms. The van der Waals surface area contributed by atoms with Gasteiger partial charge in [-0.1, -0.05) is 474 Å². The summed E-state index contributed by atoms with van der Waals surface area (Å²) in [5, 5.41) is 0. The van der Waals surface area contributed by atoms with Crippen LogP contribution in [0.3, 0.4) is 0 Å². The first-order chi connectivity index (χ1) is 59.3. The minimum atomic E-state index is 0. The molecule has 122 heavy (non-hydrogen) atoms. The Morgan fingerprint density at radius 1 is 0.123 bits per heavy atom. The van der Waals surface area contributed by atoms with E-state index in [0.717, 1.165) is 89.9 Å². The van der Waals surface area contributed by atoms with E-state index < -0.39 is 0 Å². The van der Waals surface area contributed by atoms with Crippen molar-refractivity contribution in [2.75, 3.05) is 0 Å². The van der Waals surface area contributed by atoms with E-state index in [1.807, 2.05) is 111 Å². The van der Waals surface area contributed by atoms with Crippen molar-refractivity contribution < 1.29 is 32.7 Å². The van der Waals surface area contributed by atoms with Crippen LogP contribution in [0.2, 0.25) is 0 Å². The Labute approximate surface area is 768 Å². The monoisotopic (exact) mass is 1700 g/mol. The molecule has 0 N–H and O–H groups in total. The Hall–Kier alpha value is -10.2. The van der Waals surface area contributed by atoms with Gasteiger partial charge in [0.05, 0.1) is 0 Å². The topological polar surface area (TPSA) is 0 Å². The molecule has 0 fully saturated rings. The second-order valence-electron chi connectivity index (χ2n) is 29.1. The zero-order valence-corrected chi connectivity index (χ0v) is 81.2. The van der Waals surface area contributed by atoms with Crippen LogP contribution in [-0.4, -0.2) is 0 Å². The number of benzene rings is 15. The Bertz CT molecular complexity index is 4400. The van der Waals surface area contributed by atoms with Crippen molar-refractivity contribution in [3.05, 3.63) is 532 Å². The van der Waals surface area contributed by atoms with E-state index in [-0.39, 0.29) is 42.6 Å². The molecule has 0 aliphatic heterocycles. The minimum absolute atomic E-state index is 0. The third kappa shape index (κ3) is 35.4. The fraction of sp³-hybridized carbons (Fsp3) is 0.250. The Morgan fingerprint density at radius 3 is 0.311 bits per heavy atom. The molecule has 1 unspecified atom stereocenters. The van der Waals surface area contributed by atoms with Crippen molar-refractivity contribution in [2.45, 2.75) is 201 Å². The van der Waals surface area contributed by atoms with E-state index in [1.165, 1.54) is 156 Å². The zero-order chi connectivity index (χ0) is 85.9. The van der Waals surface area contributed by atoms with Gasteiger partial charge < -0.3 is 0 Å². The standard InChI is InChI=1S/C104H89.8C2H6.H3P.Y/c1-9-26-77(27-10-1)44-87-55-88(45-78-28-11-2-12-29-78)60-97(59-87)71-101-67-95(68-102(75-101)72-98-61-89(46-79-30-13-3-14-31-79)56-90(62-98)47-80-32-15-4-16-33-80)53-85-42-25-43-86(52-85)54-96-69-103(73-99-63-91(48-81-34-17-5-18-35-81)57-92(64-99)49-82-36-19-6-20-37-82)76-104(70-96)74-100-65-93(50-83-38-21-7-22-39-83)58-94(66-100)51-84-40-23-8-24-41-84;8*1-2;;/h1-24,26-43,52,55-70,75-76H,44-51,53-54,71-74H2;8*1-2H3;1H3;/q-1;;;;;;;;;;. The molecule has 15 aromatic carbocycles. The summed E-state index contributed by atoms with van der Waals surface area (Å²) in [5.41, 5.74) is 37.4. The van der Waals surface area contributed by atoms with Gasteiger partial charge in [0.1, 0.15) is 0 Å². The second kappa shape index (κ2) is 59.6. The van der Waals surface area contributed by atoms with Crippen LogP contribution in [-0.2, 0) is 123 Å². The minimum Gasteiger partial charge on any atom is -0.183 e. The maximum absolute atomic E-state index is 3.70. The molecule has 15 rings (SSSR count). The SMILES string of the molecule is CC.CC.CC.CC.CC.CC.CC.CC.P.[Y].[c-]1cc(Cc2cc(Cc3cc(Cc4ccccc4)cc(Cc4ccccc4)c3)cc(Cc3cc(Cc4ccccc4)cc(Cc4ccccc4)c3)c2)cc(Cc2cc(Cc3cc(Cc4ccccc4)cc(Cc4ccccc4)c3)cc(Cc3cc(Cc4ccccc4)cc(Cc4ccccc4)c3)c2)c1. The molecule has 1 atom stereocenters. The van der Waals surface area contributed by atoms with Crippen molar-refractivity contribution >= 4 is 9.90 Å². The molecule has 0 heterocycles. The summed E-state index contributed by atoms with van der Waals surface area (Å²) < 4.78 is 0. The van der Waals surface area contributed by atoms with Gasteiger partial charge in [0.2, 0.25) is 0 Å². The molecule has 2 heteroatoms. The van der Waals surface area contributed by atoms with Gasteiger partial charge in [-0.05, 0) is 223 Å². The largest absolute Gasteiger partial charge is 0.183 e. The van der Waals surface area contributed by atoms with Gasteiger partial charge in [-0.25, -0.2) is 0 Å². The normalized spacial score (nSPS) is 9.97. The van der Waals surface area contributed by atoms with Gasteiger partial charge in [0.25, 0.3) is 0 Å². The van der Waals surface area contributed by atoms with Crippen LogP contribution in [0, 0.1) is 6.07 Å². The quantitative estimate of drug-likeness (QED) is 0.0339. The molecule has 0 aliphatic carbocycles. The molecule has 0 nitrogen and oxygen atoms in total. The van der Waals surface area contributed by atoms with Gasteiger partial charge in [0.15, 0.2) is 0 Å². The molecular formula is C120H140PY-. The molecule has 15 aromatic rings. The van der Waals surface area contributed by atoms with Crippen LogP contribution in [0.5, 0.6) is 0 Å². The van der Waals surface area contributed by atoms with Gasteiger partial charge in [-0.3, -0.25) is 0 Å². The van der Waals surface area contributed by atoms with E-state index in [2.05, 4.69) is 376 Å². The van der Waals surface area contributed by atoms with Crippen LogP contribution >= 0.6 is 9.90 Å². The summed E-state index contributed by atoms with van der Waals surface area (Å²) in [6.07, 6.45) is 12.1. The smallest absolute Gasteiger partial charge is 0 e. The molecule has 0 aromatic heterocycles. The number of hydrogen-bond acceptors (Lipinski definition) is 0. The molecule has 0 amide bonds. The molecule has 1 radical (unpaired) electrons. The average molecular weight is 1700 g/mol. The summed E-state index contributed by atoms with van der Waals surface area (Å²) in [7, 11) is 0. The molecule has 0 aliphatic rings. The van der Waals surface area contributed by atoms with E-state index in [4.69, 9.17) is 0 Å². The van der Waals surface area contributed by atoms with E-state index in [1.54, 1.807) is 0 Å². The predicted octanol–water partition coefficient (Wildman–Crippen LogP) is 32.0. The third-order valence-corrected chi connectivity index (χ3v) is 20.0. The summed E-state index contributed by atoms with van der Waals surface area (Å²) >= 11 is 0. The first kappa shape index (κ1) is 102. The van der Waals surface area contributed by atoms with Crippen LogP contribution in [0.25, 0.3) is 0 Å². The summed E-state index contributed by atoms with van der Waals surface area (Å²) in [4.78, 5) is 0. The molecule has 629 valence electrons. The van der Waals surface area contributed by atoms with Gasteiger partial charge >= 0.3 is 0 Å². The van der Waals surface area contributed by atoms with E-state index in [0.29, 0.717) is 0 Å². The van der Waals surface area contributed by atoms with Gasteiger partial charge in [-0.2, -0.15) is 45.3 Å². The fourth-order valence-corrected chi connectivity index (χ4v) is 15.7. The molecular weight excluding hydrogens is 1560 g/mol. The predicted molar refractivity (Wildman–Crippen MR) is 537 cm³/mol. The molecule has 0 bridgehead atoms. The first-order valence-corrected chi connectivity index (χ1v) is 45.3. The maximum Gasteiger partial charge on any atom is 0 e. The number of rotatable bonds is 28. The van der Waals surface area contributed by atoms with Crippen LogP contribution in [0.4, 0.5) is 0 Å². The van der Waals surface area contributed by atoms with Gasteiger partial charge in [-0.15, -0.1) is 0 Å². The fourth-order valence-electron chi connectivity index (χ4n) is 15.7. The Morgan fingerprint density at radius 2 is 0.205 bits per heavy atom. The molecule has 0 saturated heterocycles. The second-order valence-corrected chi connectivity index (χ2v) is 29.1. The Kier molecular flexibility index (Phi) is 50.0. The van der Waals surface area contributed by atoms with Crippen molar-refractivity contribution in [1.82, 2.24) is 0 Å². The summed E-state index contributed by atoms with van der Waals surface area (Å²) in [6, 6.07) is 143. The van der Waals surface area contributed by atoms with Crippen LogP contribution < -0.4 is 0 Å². The van der Waals surface area contributed by atoms with Crippen molar-refractivity contribution in [2.24, 2.45) is 0 Å². The summed E-state index contributed by atoms with van der Waals surface area (Å²) in [6.45, 7) is 32.0. The van der Waals surface area contributed by atoms with Crippen molar-refractivity contribution in [3.63, 3.8) is 0 Å². The van der Waals surface area contributed by atoms with E-state index in [9.17, 15) is 0 Å². The average Bonchev–Trinajstić information content (AvgIpc) is 0.711. The first-order valence-electron chi connectivity index (χ1n) is 45.3. The maximum atomic E-state index is 3.70. The molecule has 0 saturated carbocycles. The van der Waals surface area contributed by atoms with Crippen LogP contribution in [0.15, 0.2) is 370 Å². The third-order valence-electron chi connectivity index (χ3n) is 20.0. The Balaban J connectivity index is 0.00000139. The van der Waals surface area contributed by atoms with Gasteiger partial charge in [0, 0.05) is 32.7 Å². The van der Waals surface area contributed by atoms with Crippen molar-refractivity contribution in [3.8, 4) is 0 Å². The van der Waals surface area contributed by atoms with E-state index >= 15 is 0 Å². The van der Waals surface area contributed by atoms with Crippen molar-refractivity contribution in [1.29, 1.82) is 0 Å². The zero-order valence-electron chi connectivity index (χ0n) is 76.9.